The van der Waals surface area contributed by atoms with Gasteiger partial charge in [0.25, 0.3) is 0 Å². The lowest BCUT2D eigenvalue weighted by Crippen LogP contribution is -2.56. The first-order chi connectivity index (χ1) is 6.94. The van der Waals surface area contributed by atoms with Crippen LogP contribution < -0.4 is 0 Å². The van der Waals surface area contributed by atoms with Crippen LogP contribution in [-0.4, -0.2) is 0 Å². The fourth-order valence-corrected chi connectivity index (χ4v) is 4.23. The van der Waals surface area contributed by atoms with Crippen molar-refractivity contribution >= 4 is 0 Å². The van der Waals surface area contributed by atoms with Gasteiger partial charge in [-0.15, -0.1) is 0 Å². The van der Waals surface area contributed by atoms with Crippen LogP contribution in [0.15, 0.2) is 0 Å². The largest absolute Gasteiger partial charge is 0.0683 e. The summed E-state index contributed by atoms with van der Waals surface area (Å²) in [5, 5.41) is 0. The van der Waals surface area contributed by atoms with Crippen molar-refractivity contribution in [3.63, 3.8) is 0 Å². The van der Waals surface area contributed by atoms with Crippen LogP contribution >= 0.6 is 0 Å². The van der Waals surface area contributed by atoms with Gasteiger partial charge in [0.1, 0.15) is 0 Å². The van der Waals surface area contributed by atoms with E-state index in [-0.39, 0.29) is 0 Å². The Morgan fingerprint density at radius 2 is 1.60 bits per heavy atom. The molecule has 2 bridgehead atoms. The van der Waals surface area contributed by atoms with Crippen LogP contribution in [0, 0.1) is 35.0 Å². The van der Waals surface area contributed by atoms with Gasteiger partial charge in [0.05, 0.1) is 0 Å². The van der Waals surface area contributed by atoms with E-state index in [1.54, 1.807) is 0 Å². The Balaban J connectivity index is 0.000000531. The first kappa shape index (κ1) is 13.1. The van der Waals surface area contributed by atoms with Crippen molar-refractivity contribution in [2.24, 2.45) is 35.0 Å². The lowest BCUT2D eigenvalue weighted by atomic mass is 9.42. The molecule has 0 aromatic carbocycles. The lowest BCUT2D eigenvalue weighted by molar-refractivity contribution is -0.143. The number of hydrogen-bond donors (Lipinski definition) is 0. The van der Waals surface area contributed by atoms with Gasteiger partial charge in [0, 0.05) is 0 Å². The van der Waals surface area contributed by atoms with Crippen LogP contribution in [0.4, 0.5) is 0 Å². The molecular formula is C15H30. The van der Waals surface area contributed by atoms with Crippen molar-refractivity contribution in [3.05, 3.63) is 0 Å². The second-order valence-corrected chi connectivity index (χ2v) is 6.39. The summed E-state index contributed by atoms with van der Waals surface area (Å²) in [6, 6.07) is 0. The summed E-state index contributed by atoms with van der Waals surface area (Å²) in [6.07, 6.45) is 3.02. The van der Waals surface area contributed by atoms with Gasteiger partial charge in [0.2, 0.25) is 0 Å². The highest BCUT2D eigenvalue weighted by molar-refractivity contribution is 5.05. The average molecular weight is 210 g/mol. The fourth-order valence-electron chi connectivity index (χ4n) is 4.23. The molecule has 0 aromatic heterocycles. The minimum atomic E-state index is 0.668. The highest BCUT2D eigenvalue weighted by Crippen LogP contribution is 2.64. The molecular weight excluding hydrogens is 180 g/mol. The quantitative estimate of drug-likeness (QED) is 0.572. The summed E-state index contributed by atoms with van der Waals surface area (Å²) in [7, 11) is 0. The Labute approximate surface area is 96.8 Å². The molecule has 15 heavy (non-hydrogen) atoms. The SMILES string of the molecule is CC.CC(C)C1C(C)CC2CC1C2(C)C. The molecule has 0 radical (unpaired) electrons. The zero-order valence-corrected chi connectivity index (χ0v) is 11.8. The van der Waals surface area contributed by atoms with Crippen LogP contribution in [-0.2, 0) is 0 Å². The van der Waals surface area contributed by atoms with Gasteiger partial charge in [-0.1, -0.05) is 48.5 Å². The summed E-state index contributed by atoms with van der Waals surface area (Å²) in [5.41, 5.74) is 0.668. The minimum absolute atomic E-state index is 0.668. The van der Waals surface area contributed by atoms with E-state index < -0.39 is 0 Å². The smallest absolute Gasteiger partial charge is 0.0294 e. The number of rotatable bonds is 1. The Morgan fingerprint density at radius 1 is 1.07 bits per heavy atom. The third-order valence-electron chi connectivity index (χ3n) is 5.09. The van der Waals surface area contributed by atoms with E-state index >= 15 is 0 Å². The van der Waals surface area contributed by atoms with E-state index in [9.17, 15) is 0 Å². The molecule has 90 valence electrons. The van der Waals surface area contributed by atoms with Crippen LogP contribution in [0.25, 0.3) is 0 Å². The van der Waals surface area contributed by atoms with Crippen molar-refractivity contribution in [3.8, 4) is 0 Å². The molecule has 0 heterocycles. The van der Waals surface area contributed by atoms with E-state index in [2.05, 4.69) is 34.6 Å². The molecule has 3 aliphatic carbocycles. The predicted molar refractivity (Wildman–Crippen MR) is 68.8 cm³/mol. The highest BCUT2D eigenvalue weighted by atomic mass is 14.6. The maximum Gasteiger partial charge on any atom is -0.0294 e. The van der Waals surface area contributed by atoms with Gasteiger partial charge in [-0.25, -0.2) is 0 Å². The van der Waals surface area contributed by atoms with E-state index in [4.69, 9.17) is 0 Å². The zero-order chi connectivity index (χ0) is 11.8. The summed E-state index contributed by atoms with van der Waals surface area (Å²) in [6.45, 7) is 16.3. The molecule has 0 nitrogen and oxygen atoms in total. The molecule has 0 N–H and O–H groups in total. The zero-order valence-electron chi connectivity index (χ0n) is 11.8. The third kappa shape index (κ3) is 1.97. The molecule has 4 unspecified atom stereocenters. The van der Waals surface area contributed by atoms with Crippen LogP contribution in [0.2, 0.25) is 0 Å². The van der Waals surface area contributed by atoms with Crippen LogP contribution in [0.1, 0.15) is 61.3 Å². The van der Waals surface area contributed by atoms with E-state index in [0.29, 0.717) is 5.41 Å². The molecule has 0 aromatic rings. The first-order valence-electron chi connectivity index (χ1n) is 6.94. The molecule has 3 rings (SSSR count). The molecule has 0 heteroatoms. The third-order valence-corrected chi connectivity index (χ3v) is 5.09. The second kappa shape index (κ2) is 4.47. The fraction of sp³-hybridized carbons (Fsp3) is 1.00. The van der Waals surface area contributed by atoms with E-state index in [1.807, 2.05) is 13.8 Å². The topological polar surface area (TPSA) is 0 Å². The van der Waals surface area contributed by atoms with Crippen molar-refractivity contribution in [1.29, 1.82) is 0 Å². The standard InChI is InChI=1S/C13H24.C2H6/c1-8(2)12-9(3)6-10-7-11(12)13(10,4)5;1-2/h8-12H,6-7H2,1-5H3;1-2H3. The summed E-state index contributed by atoms with van der Waals surface area (Å²) in [4.78, 5) is 0. The Hall–Kier alpha value is 0. The van der Waals surface area contributed by atoms with Gasteiger partial charge in [-0.2, -0.15) is 0 Å². The first-order valence-corrected chi connectivity index (χ1v) is 6.94. The van der Waals surface area contributed by atoms with Gasteiger partial charge < -0.3 is 0 Å². The van der Waals surface area contributed by atoms with E-state index in [1.165, 1.54) is 12.8 Å². The Kier molecular flexibility index (Phi) is 3.90. The van der Waals surface area contributed by atoms with Crippen molar-refractivity contribution < 1.29 is 0 Å². The molecule has 0 amide bonds. The second-order valence-electron chi connectivity index (χ2n) is 6.39. The van der Waals surface area contributed by atoms with Crippen molar-refractivity contribution in [2.45, 2.75) is 61.3 Å². The van der Waals surface area contributed by atoms with Gasteiger partial charge in [-0.3, -0.25) is 0 Å². The maximum atomic E-state index is 2.49. The monoisotopic (exact) mass is 210 g/mol. The van der Waals surface area contributed by atoms with E-state index in [0.717, 1.165) is 29.6 Å². The molecule has 0 aliphatic heterocycles. The molecule has 3 saturated carbocycles. The molecule has 0 saturated heterocycles. The maximum absolute atomic E-state index is 2.49. The van der Waals surface area contributed by atoms with Gasteiger partial charge >= 0.3 is 0 Å². The lowest BCUT2D eigenvalue weighted by Gasteiger charge is -2.63. The number of fused-ring (bicyclic) bond motifs is 2. The number of hydrogen-bond acceptors (Lipinski definition) is 0. The molecule has 3 aliphatic rings. The summed E-state index contributed by atoms with van der Waals surface area (Å²) >= 11 is 0. The molecule has 0 spiro atoms. The summed E-state index contributed by atoms with van der Waals surface area (Å²) in [5.74, 6) is 4.95. The van der Waals surface area contributed by atoms with Crippen molar-refractivity contribution in [1.82, 2.24) is 0 Å². The average Bonchev–Trinajstić information content (AvgIpc) is 2.19. The van der Waals surface area contributed by atoms with Crippen LogP contribution in [0.3, 0.4) is 0 Å². The predicted octanol–water partition coefficient (Wildman–Crippen LogP) is 4.99. The molecule has 3 fully saturated rings. The highest BCUT2D eigenvalue weighted by Gasteiger charge is 2.56. The van der Waals surface area contributed by atoms with Gasteiger partial charge in [0.15, 0.2) is 0 Å². The van der Waals surface area contributed by atoms with Crippen molar-refractivity contribution in [2.75, 3.05) is 0 Å². The molecule has 4 atom stereocenters. The van der Waals surface area contributed by atoms with Gasteiger partial charge in [-0.05, 0) is 47.8 Å². The Bertz CT molecular complexity index is 202. The Morgan fingerprint density at radius 3 is 1.93 bits per heavy atom. The minimum Gasteiger partial charge on any atom is -0.0683 e. The summed E-state index contributed by atoms with van der Waals surface area (Å²) < 4.78 is 0. The van der Waals surface area contributed by atoms with Crippen LogP contribution in [0.5, 0.6) is 0 Å². The normalized spacial score (nSPS) is 41.6.